The number of carboxylic acids is 1. The summed E-state index contributed by atoms with van der Waals surface area (Å²) in [5.74, 6) is 0.446. The number of aromatic carboxylic acids is 1. The van der Waals surface area contributed by atoms with Crippen LogP contribution in [0.2, 0.25) is 18.1 Å². The minimum atomic E-state index is -1.85. The van der Waals surface area contributed by atoms with Crippen molar-refractivity contribution in [2.45, 2.75) is 101 Å². The monoisotopic (exact) mass is 525 g/mol. The van der Waals surface area contributed by atoms with Crippen molar-refractivity contribution >= 4 is 37.4 Å². The van der Waals surface area contributed by atoms with Gasteiger partial charge in [-0.2, -0.15) is 0 Å². The Balaban J connectivity index is 1.93. The lowest BCUT2D eigenvalue weighted by molar-refractivity contribution is 0.0690. The molecular formula is C26H43NO4S2Si. The Morgan fingerprint density at radius 3 is 2.71 bits per heavy atom. The van der Waals surface area contributed by atoms with Gasteiger partial charge in [-0.05, 0) is 75.4 Å². The average Bonchev–Trinajstić information content (AvgIpc) is 3.33. The summed E-state index contributed by atoms with van der Waals surface area (Å²) in [4.78, 5) is 15.2. The van der Waals surface area contributed by atoms with Gasteiger partial charge in [0.15, 0.2) is 18.4 Å². The summed E-state index contributed by atoms with van der Waals surface area (Å²) >= 11 is 2.95. The number of hydrogen-bond donors (Lipinski definition) is 2. The topological polar surface area (TPSA) is 79.7 Å². The summed E-state index contributed by atoms with van der Waals surface area (Å²) in [6.07, 6.45) is 10.1. The first-order valence-electron chi connectivity index (χ1n) is 12.3. The number of thiazole rings is 1. The minimum absolute atomic E-state index is 0.107. The van der Waals surface area contributed by atoms with E-state index in [-0.39, 0.29) is 28.9 Å². The summed E-state index contributed by atoms with van der Waals surface area (Å²) in [7, 11) is -1.85. The lowest BCUT2D eigenvalue weighted by atomic mass is 9.91. The van der Waals surface area contributed by atoms with Crippen molar-refractivity contribution in [3.8, 4) is 0 Å². The largest absolute Gasteiger partial charge is 0.476 e. The molecule has 1 unspecified atom stereocenters. The number of aromatic nitrogens is 1. The van der Waals surface area contributed by atoms with Crippen LogP contribution in [0.1, 0.15) is 76.7 Å². The van der Waals surface area contributed by atoms with Gasteiger partial charge in [-0.3, -0.25) is 0 Å². The molecule has 1 heterocycles. The normalized spacial score (nSPS) is 22.4. The van der Waals surface area contributed by atoms with E-state index in [4.69, 9.17) is 9.53 Å². The molecule has 1 aliphatic carbocycles. The van der Waals surface area contributed by atoms with E-state index in [1.165, 1.54) is 16.9 Å². The lowest BCUT2D eigenvalue weighted by Crippen LogP contribution is -2.43. The van der Waals surface area contributed by atoms with Gasteiger partial charge in [0.2, 0.25) is 0 Å². The summed E-state index contributed by atoms with van der Waals surface area (Å²) in [6, 6.07) is 0. The van der Waals surface area contributed by atoms with E-state index in [1.807, 2.05) is 0 Å². The van der Waals surface area contributed by atoms with Crippen LogP contribution in [0.3, 0.4) is 0 Å². The third kappa shape index (κ3) is 8.93. The zero-order chi connectivity index (χ0) is 25.5. The molecule has 1 saturated carbocycles. The van der Waals surface area contributed by atoms with Crippen molar-refractivity contribution in [1.82, 2.24) is 4.98 Å². The number of hydrogen-bond acceptors (Lipinski definition) is 6. The van der Waals surface area contributed by atoms with Gasteiger partial charge in [0.05, 0.1) is 6.10 Å². The summed E-state index contributed by atoms with van der Waals surface area (Å²) in [6.45, 7) is 17.6. The molecule has 0 aliphatic heterocycles. The first-order valence-corrected chi connectivity index (χ1v) is 17.1. The average molecular weight is 526 g/mol. The van der Waals surface area contributed by atoms with Gasteiger partial charge in [0.1, 0.15) is 0 Å². The molecule has 1 aromatic heterocycles. The zero-order valence-electron chi connectivity index (χ0n) is 21.7. The molecule has 0 radical (unpaired) electrons. The Bertz CT molecular complexity index is 846. The van der Waals surface area contributed by atoms with Crippen LogP contribution in [0, 0.1) is 11.8 Å². The molecule has 0 saturated heterocycles. The van der Waals surface area contributed by atoms with Crippen LogP contribution >= 0.6 is 23.1 Å². The fourth-order valence-corrected chi connectivity index (χ4v) is 7.37. The molecule has 34 heavy (non-hydrogen) atoms. The number of allylic oxidation sites excluding steroid dienone is 2. The Morgan fingerprint density at radius 2 is 2.12 bits per heavy atom. The van der Waals surface area contributed by atoms with Gasteiger partial charge in [-0.25, -0.2) is 9.78 Å². The van der Waals surface area contributed by atoms with Crippen molar-refractivity contribution in [2.24, 2.45) is 11.8 Å². The number of aliphatic hydroxyl groups is 1. The maximum atomic E-state index is 11.0. The molecular weight excluding hydrogens is 483 g/mol. The van der Waals surface area contributed by atoms with E-state index < -0.39 is 14.3 Å². The zero-order valence-corrected chi connectivity index (χ0v) is 24.3. The Hall–Kier alpha value is -0.933. The van der Waals surface area contributed by atoms with Crippen molar-refractivity contribution in [2.75, 3.05) is 5.75 Å². The third-order valence-electron chi connectivity index (χ3n) is 7.16. The van der Waals surface area contributed by atoms with Crippen LogP contribution in [0.15, 0.2) is 34.0 Å². The molecule has 1 aromatic rings. The molecule has 1 aliphatic rings. The van der Waals surface area contributed by atoms with Crippen molar-refractivity contribution in [1.29, 1.82) is 0 Å². The van der Waals surface area contributed by atoms with Gasteiger partial charge >= 0.3 is 5.97 Å². The van der Waals surface area contributed by atoms with Gasteiger partial charge < -0.3 is 14.6 Å². The SMILES string of the molecule is C=C(C)CCC(C/C=C/[C@H]1CC[C@H](O)[C@@H]1CCSc1nc(C(=O)O)cs1)O[Si](C)(C)C(C)(C)C. The molecule has 0 aromatic carbocycles. The number of rotatable bonds is 13. The number of carbonyl (C=O) groups is 1. The second-order valence-electron chi connectivity index (χ2n) is 11.1. The van der Waals surface area contributed by atoms with Gasteiger partial charge in [0.25, 0.3) is 0 Å². The van der Waals surface area contributed by atoms with Crippen molar-refractivity contribution in [3.63, 3.8) is 0 Å². The summed E-state index contributed by atoms with van der Waals surface area (Å²) in [5.41, 5.74) is 1.30. The third-order valence-corrected chi connectivity index (χ3v) is 13.8. The van der Waals surface area contributed by atoms with Crippen molar-refractivity contribution in [3.05, 3.63) is 35.4 Å². The number of aliphatic hydroxyl groups excluding tert-OH is 1. The van der Waals surface area contributed by atoms with Gasteiger partial charge in [-0.15, -0.1) is 17.9 Å². The molecule has 8 heteroatoms. The molecule has 0 amide bonds. The highest BCUT2D eigenvalue weighted by molar-refractivity contribution is 8.01. The first kappa shape index (κ1) is 29.3. The van der Waals surface area contributed by atoms with E-state index in [9.17, 15) is 9.90 Å². The fraction of sp³-hybridized carbons (Fsp3) is 0.692. The molecule has 4 atom stereocenters. The van der Waals surface area contributed by atoms with E-state index in [0.717, 1.165) is 48.6 Å². The number of nitrogens with zero attached hydrogens (tertiary/aromatic N) is 1. The summed E-state index contributed by atoms with van der Waals surface area (Å²) in [5, 5.41) is 21.4. The van der Waals surface area contributed by atoms with E-state index in [1.54, 1.807) is 17.1 Å². The second kappa shape index (κ2) is 12.9. The van der Waals surface area contributed by atoms with Crippen LogP contribution < -0.4 is 0 Å². The van der Waals surface area contributed by atoms with Gasteiger partial charge in [0, 0.05) is 17.2 Å². The molecule has 1 fully saturated rings. The minimum Gasteiger partial charge on any atom is -0.476 e. The molecule has 5 nitrogen and oxygen atoms in total. The predicted octanol–water partition coefficient (Wildman–Crippen LogP) is 7.40. The van der Waals surface area contributed by atoms with Crippen LogP contribution in [-0.2, 0) is 4.43 Å². The van der Waals surface area contributed by atoms with Crippen molar-refractivity contribution < 1.29 is 19.4 Å². The molecule has 0 spiro atoms. The van der Waals surface area contributed by atoms with Crippen LogP contribution in [0.25, 0.3) is 0 Å². The highest BCUT2D eigenvalue weighted by atomic mass is 32.2. The maximum absolute atomic E-state index is 11.0. The van der Waals surface area contributed by atoms with Gasteiger partial charge in [-0.1, -0.05) is 50.3 Å². The second-order valence-corrected chi connectivity index (χ2v) is 18.0. The van der Waals surface area contributed by atoms with E-state index in [2.05, 4.69) is 64.5 Å². The van der Waals surface area contributed by atoms with E-state index in [0.29, 0.717) is 5.92 Å². The smallest absolute Gasteiger partial charge is 0.355 e. The van der Waals surface area contributed by atoms with Crippen LogP contribution in [-0.4, -0.2) is 47.4 Å². The van der Waals surface area contributed by atoms with E-state index >= 15 is 0 Å². The quantitative estimate of drug-likeness (QED) is 0.159. The Kier molecular flexibility index (Phi) is 11.1. The fourth-order valence-electron chi connectivity index (χ4n) is 4.06. The Morgan fingerprint density at radius 1 is 1.41 bits per heavy atom. The number of carboxylic acid groups (broad SMARTS) is 1. The molecule has 2 rings (SSSR count). The predicted molar refractivity (Wildman–Crippen MR) is 147 cm³/mol. The highest BCUT2D eigenvalue weighted by Gasteiger charge is 2.39. The molecule has 0 bridgehead atoms. The maximum Gasteiger partial charge on any atom is 0.355 e. The van der Waals surface area contributed by atoms with Crippen LogP contribution in [0.4, 0.5) is 0 Å². The Labute approximate surface area is 215 Å². The first-order chi connectivity index (χ1) is 15.8. The van der Waals surface area contributed by atoms with Crippen LogP contribution in [0.5, 0.6) is 0 Å². The highest BCUT2D eigenvalue weighted by Crippen LogP contribution is 2.39. The molecule has 192 valence electrons. The number of thioether (sulfide) groups is 1. The standard InChI is InChI=1S/C26H43NO4S2Si/c1-18(2)11-13-20(31-34(6,7)26(3,4)5)10-8-9-19-12-14-23(28)21(19)15-16-32-25-27-22(17-33-25)24(29)30/h8-9,17,19-21,23,28H,1,10-16H2,2-7H3,(H,29,30)/b9-8+/t19-,20?,21+,23-/m0/s1. The lowest BCUT2D eigenvalue weighted by Gasteiger charge is -2.39. The molecule has 2 N–H and O–H groups in total. The summed E-state index contributed by atoms with van der Waals surface area (Å²) < 4.78 is 7.52.